The molecule has 168 valence electrons. The molecule has 1 aliphatic rings. The summed E-state index contributed by atoms with van der Waals surface area (Å²) in [5.74, 6) is 1.65. The summed E-state index contributed by atoms with van der Waals surface area (Å²) in [6.07, 6.45) is 5.80. The van der Waals surface area contributed by atoms with E-state index in [1.807, 2.05) is 6.92 Å². The predicted octanol–water partition coefficient (Wildman–Crippen LogP) is 4.58. The molecule has 0 saturated heterocycles. The first-order chi connectivity index (χ1) is 14.5. The van der Waals surface area contributed by atoms with Gasteiger partial charge in [0.05, 0.1) is 18.2 Å². The Bertz CT molecular complexity index is 706. The fourth-order valence-electron chi connectivity index (χ4n) is 2.90. The number of aldehydes is 1. The molecule has 2 rings (SSSR count). The van der Waals surface area contributed by atoms with Gasteiger partial charge in [-0.3, -0.25) is 4.72 Å². The molecule has 0 radical (unpaired) electrons. The Hall–Kier alpha value is -1.51. The largest absolute Gasteiger partial charge is 0.492 e. The Morgan fingerprint density at radius 1 is 1.40 bits per heavy atom. The summed E-state index contributed by atoms with van der Waals surface area (Å²) in [4.78, 5) is 23.8. The Morgan fingerprint density at radius 3 is 2.83 bits per heavy atom. The quantitative estimate of drug-likeness (QED) is 0.242. The van der Waals surface area contributed by atoms with Crippen LogP contribution in [0, 0.1) is 11.7 Å². The highest BCUT2D eigenvalue weighted by molar-refractivity contribution is 7.97. The van der Waals surface area contributed by atoms with Crippen molar-refractivity contribution >= 4 is 35.9 Å². The van der Waals surface area contributed by atoms with E-state index in [2.05, 4.69) is 10.0 Å². The number of hydrogen-bond donors (Lipinski definition) is 2. The van der Waals surface area contributed by atoms with Crippen molar-refractivity contribution in [2.24, 2.45) is 5.92 Å². The van der Waals surface area contributed by atoms with Crippen LogP contribution in [-0.2, 0) is 4.79 Å². The Labute approximate surface area is 187 Å². The minimum Gasteiger partial charge on any atom is -0.492 e. The molecule has 1 saturated carbocycles. The Kier molecular flexibility index (Phi) is 10.7. The second-order valence-corrected chi connectivity index (χ2v) is 8.81. The molecule has 1 aromatic rings. The third-order valence-corrected chi connectivity index (χ3v) is 6.23. The lowest BCUT2D eigenvalue weighted by atomic mass is 10.1. The van der Waals surface area contributed by atoms with Crippen molar-refractivity contribution in [1.82, 2.24) is 14.9 Å². The lowest BCUT2D eigenvalue weighted by Crippen LogP contribution is -2.39. The molecule has 1 fully saturated rings. The van der Waals surface area contributed by atoms with E-state index in [1.54, 1.807) is 25.1 Å². The zero-order chi connectivity index (χ0) is 21.9. The molecule has 6 nitrogen and oxygen atoms in total. The van der Waals surface area contributed by atoms with Crippen LogP contribution in [0.15, 0.2) is 12.1 Å². The SMILES string of the molecule is CNC(=O)N(CC=O)CCCCCSNC(C)c1cc(OCC2CC2)c(Cl)cc1F. The molecular weight excluding hydrogens is 429 g/mol. The molecule has 2 N–H and O–H groups in total. The van der Waals surface area contributed by atoms with E-state index in [-0.39, 0.29) is 24.4 Å². The lowest BCUT2D eigenvalue weighted by molar-refractivity contribution is -0.108. The first kappa shape index (κ1) is 24.8. The van der Waals surface area contributed by atoms with Crippen molar-refractivity contribution in [3.05, 3.63) is 28.5 Å². The van der Waals surface area contributed by atoms with Gasteiger partial charge in [0.2, 0.25) is 0 Å². The first-order valence-corrected chi connectivity index (χ1v) is 11.7. The van der Waals surface area contributed by atoms with Crippen molar-refractivity contribution in [3.8, 4) is 5.75 Å². The molecule has 1 aliphatic carbocycles. The van der Waals surface area contributed by atoms with E-state index in [0.29, 0.717) is 35.4 Å². The third kappa shape index (κ3) is 8.32. The Balaban J connectivity index is 1.68. The summed E-state index contributed by atoms with van der Waals surface area (Å²) in [6, 6.07) is 2.59. The Morgan fingerprint density at radius 2 is 2.17 bits per heavy atom. The molecule has 0 aliphatic heterocycles. The summed E-state index contributed by atoms with van der Waals surface area (Å²) in [6.45, 7) is 3.19. The van der Waals surface area contributed by atoms with E-state index in [4.69, 9.17) is 16.3 Å². The van der Waals surface area contributed by atoms with Gasteiger partial charge >= 0.3 is 6.03 Å². The van der Waals surface area contributed by atoms with Gasteiger partial charge in [0.15, 0.2) is 0 Å². The maximum atomic E-state index is 14.3. The van der Waals surface area contributed by atoms with Gasteiger partial charge < -0.3 is 19.7 Å². The number of urea groups is 1. The number of amides is 2. The first-order valence-electron chi connectivity index (χ1n) is 10.4. The summed E-state index contributed by atoms with van der Waals surface area (Å²) >= 11 is 7.66. The maximum Gasteiger partial charge on any atom is 0.317 e. The van der Waals surface area contributed by atoms with Crippen LogP contribution < -0.4 is 14.8 Å². The van der Waals surface area contributed by atoms with Crippen LogP contribution in [-0.4, -0.2) is 49.7 Å². The van der Waals surface area contributed by atoms with Crippen LogP contribution in [0.1, 0.15) is 50.6 Å². The van der Waals surface area contributed by atoms with Crippen LogP contribution in [0.5, 0.6) is 5.75 Å². The van der Waals surface area contributed by atoms with Gasteiger partial charge in [0, 0.05) is 31.0 Å². The molecule has 0 bridgehead atoms. The van der Waals surface area contributed by atoms with Crippen LogP contribution in [0.4, 0.5) is 9.18 Å². The van der Waals surface area contributed by atoms with Crippen LogP contribution in [0.25, 0.3) is 0 Å². The highest BCUT2D eigenvalue weighted by atomic mass is 35.5. The van der Waals surface area contributed by atoms with Crippen LogP contribution >= 0.6 is 23.5 Å². The van der Waals surface area contributed by atoms with E-state index < -0.39 is 0 Å². The maximum absolute atomic E-state index is 14.3. The summed E-state index contributed by atoms with van der Waals surface area (Å²) < 4.78 is 23.4. The van der Waals surface area contributed by atoms with E-state index in [9.17, 15) is 14.0 Å². The highest BCUT2D eigenvalue weighted by Gasteiger charge is 2.23. The molecule has 1 unspecified atom stereocenters. The van der Waals surface area contributed by atoms with Crippen molar-refractivity contribution in [3.63, 3.8) is 0 Å². The number of unbranched alkanes of at least 4 members (excludes halogenated alkanes) is 2. The van der Waals surface area contributed by atoms with Crippen molar-refractivity contribution in [2.75, 3.05) is 32.5 Å². The summed E-state index contributed by atoms with van der Waals surface area (Å²) in [7, 11) is 1.55. The number of hydrogen-bond acceptors (Lipinski definition) is 5. The van der Waals surface area contributed by atoms with Gasteiger partial charge in [-0.05, 0) is 50.7 Å². The number of ether oxygens (including phenoxy) is 1. The third-order valence-electron chi connectivity index (χ3n) is 4.92. The zero-order valence-electron chi connectivity index (χ0n) is 17.6. The average molecular weight is 460 g/mol. The smallest absolute Gasteiger partial charge is 0.317 e. The van der Waals surface area contributed by atoms with Crippen molar-refractivity contribution in [2.45, 2.75) is 45.1 Å². The highest BCUT2D eigenvalue weighted by Crippen LogP contribution is 2.34. The van der Waals surface area contributed by atoms with Gasteiger partial charge in [-0.25, -0.2) is 9.18 Å². The molecule has 0 heterocycles. The topological polar surface area (TPSA) is 70.7 Å². The van der Waals surface area contributed by atoms with Gasteiger partial charge in [-0.15, -0.1) is 0 Å². The number of nitrogens with one attached hydrogen (secondary N) is 2. The van der Waals surface area contributed by atoms with E-state index in [0.717, 1.165) is 31.3 Å². The number of halogens is 2. The molecule has 1 aromatic carbocycles. The second-order valence-electron chi connectivity index (χ2n) is 7.48. The van der Waals surface area contributed by atoms with Gasteiger partial charge in [-0.1, -0.05) is 30.0 Å². The minimum absolute atomic E-state index is 0.104. The van der Waals surface area contributed by atoms with Crippen LogP contribution in [0.2, 0.25) is 5.02 Å². The summed E-state index contributed by atoms with van der Waals surface area (Å²) in [5.41, 5.74) is 0.535. The normalized spacial score (nSPS) is 14.3. The zero-order valence-corrected chi connectivity index (χ0v) is 19.2. The average Bonchev–Trinajstić information content (AvgIpc) is 3.55. The molecular formula is C21H31ClFN3O3S. The molecule has 9 heteroatoms. The number of benzene rings is 1. The predicted molar refractivity (Wildman–Crippen MR) is 120 cm³/mol. The standard InChI is InChI=1S/C21H31ClFN3O3S/c1-15(17-12-20(18(22)13-19(17)23)29-14-16-6-7-16)25-30-11-5-3-4-8-26(9-10-27)21(28)24-2/h10,12-13,15-16,25H,3-9,11,14H2,1-2H3,(H,24,28). The van der Waals surface area contributed by atoms with Crippen LogP contribution in [0.3, 0.4) is 0 Å². The lowest BCUT2D eigenvalue weighted by Gasteiger charge is -2.19. The monoisotopic (exact) mass is 459 g/mol. The van der Waals surface area contributed by atoms with E-state index in [1.165, 1.54) is 23.8 Å². The fraction of sp³-hybridized carbons (Fsp3) is 0.619. The van der Waals surface area contributed by atoms with Gasteiger partial charge in [0.1, 0.15) is 17.9 Å². The second kappa shape index (κ2) is 13.0. The number of rotatable bonds is 14. The van der Waals surface area contributed by atoms with Gasteiger partial charge in [-0.2, -0.15) is 0 Å². The van der Waals surface area contributed by atoms with E-state index >= 15 is 0 Å². The minimum atomic E-state index is -0.344. The number of nitrogens with zero attached hydrogens (tertiary/aromatic N) is 1. The summed E-state index contributed by atoms with van der Waals surface area (Å²) in [5, 5.41) is 2.84. The van der Waals surface area contributed by atoms with Crippen molar-refractivity contribution in [1.29, 1.82) is 0 Å². The van der Waals surface area contributed by atoms with Crippen molar-refractivity contribution < 1.29 is 18.7 Å². The number of carbonyl (C=O) groups excluding carboxylic acids is 2. The molecule has 1 atom stereocenters. The molecule has 0 aromatic heterocycles. The molecule has 2 amide bonds. The fourth-order valence-corrected chi connectivity index (χ4v) is 3.95. The molecule has 0 spiro atoms. The molecule has 30 heavy (non-hydrogen) atoms. The van der Waals surface area contributed by atoms with Gasteiger partial charge in [0.25, 0.3) is 0 Å². The number of carbonyl (C=O) groups is 2.